The number of carbonyl (C=O) groups excluding carboxylic acids is 1. The van der Waals surface area contributed by atoms with Crippen LogP contribution in [0.15, 0.2) is 42.5 Å². The second kappa shape index (κ2) is 4.83. The van der Waals surface area contributed by atoms with Gasteiger partial charge in [0.25, 0.3) is 0 Å². The van der Waals surface area contributed by atoms with Gasteiger partial charge in [-0.25, -0.2) is 0 Å². The topological polar surface area (TPSA) is 40.5 Å². The molecule has 6 heteroatoms. The number of fused-ring (bicyclic) bond motifs is 3. The van der Waals surface area contributed by atoms with E-state index < -0.39 is 11.8 Å². The lowest BCUT2D eigenvalue weighted by molar-refractivity contribution is -0.246. The van der Waals surface area contributed by atoms with E-state index in [-0.39, 0.29) is 17.0 Å². The Balaban J connectivity index is 1.95. The molecule has 0 aromatic heterocycles. The fraction of sp³-hybridized carbons (Fsp3) is 0.278. The number of benzene rings is 2. The Morgan fingerprint density at radius 1 is 1.04 bits per heavy atom. The summed E-state index contributed by atoms with van der Waals surface area (Å²) in [6.07, 6.45) is -3.79. The average molecular weight is 333 g/mol. The predicted octanol–water partition coefficient (Wildman–Crippen LogP) is 3.59. The van der Waals surface area contributed by atoms with Crippen molar-refractivity contribution in [3.8, 4) is 11.1 Å². The van der Waals surface area contributed by atoms with Crippen molar-refractivity contribution in [1.29, 1.82) is 0 Å². The van der Waals surface area contributed by atoms with Crippen LogP contribution in [0.2, 0.25) is 0 Å². The molecular formula is C18H14F3NO2. The van der Waals surface area contributed by atoms with E-state index in [0.29, 0.717) is 36.2 Å². The minimum atomic E-state index is -4.86. The van der Waals surface area contributed by atoms with Crippen LogP contribution in [0, 0.1) is 0 Å². The molecule has 1 aliphatic carbocycles. The SMILES string of the molecule is O=C1CCCN1c1ccc2c(c1)C(O)(C(F)(F)F)c1ccccc1-2. The Morgan fingerprint density at radius 2 is 1.75 bits per heavy atom. The van der Waals surface area contributed by atoms with Gasteiger partial charge in [0.15, 0.2) is 0 Å². The highest BCUT2D eigenvalue weighted by Crippen LogP contribution is 2.55. The van der Waals surface area contributed by atoms with Crippen molar-refractivity contribution in [3.05, 3.63) is 53.6 Å². The highest BCUT2D eigenvalue weighted by atomic mass is 19.4. The smallest absolute Gasteiger partial charge is 0.372 e. The van der Waals surface area contributed by atoms with Crippen molar-refractivity contribution in [1.82, 2.24) is 0 Å². The first kappa shape index (κ1) is 15.2. The van der Waals surface area contributed by atoms with E-state index in [2.05, 4.69) is 0 Å². The molecule has 1 N–H and O–H groups in total. The Kier molecular flexibility index (Phi) is 3.06. The van der Waals surface area contributed by atoms with E-state index in [9.17, 15) is 23.1 Å². The molecule has 1 atom stereocenters. The number of hydrogen-bond donors (Lipinski definition) is 1. The molecule has 1 fully saturated rings. The molecule has 0 spiro atoms. The van der Waals surface area contributed by atoms with Gasteiger partial charge in [0, 0.05) is 29.8 Å². The molecule has 1 aliphatic heterocycles. The van der Waals surface area contributed by atoms with Crippen LogP contribution in [0.4, 0.5) is 18.9 Å². The maximum atomic E-state index is 13.8. The van der Waals surface area contributed by atoms with Crippen LogP contribution in [0.25, 0.3) is 11.1 Å². The van der Waals surface area contributed by atoms with Gasteiger partial charge in [-0.15, -0.1) is 0 Å². The number of nitrogens with zero attached hydrogens (tertiary/aromatic N) is 1. The lowest BCUT2D eigenvalue weighted by Crippen LogP contribution is -2.41. The first-order chi connectivity index (χ1) is 11.3. The van der Waals surface area contributed by atoms with E-state index in [1.807, 2.05) is 0 Å². The van der Waals surface area contributed by atoms with Crippen LogP contribution in [0.1, 0.15) is 24.0 Å². The highest BCUT2D eigenvalue weighted by molar-refractivity contribution is 5.96. The van der Waals surface area contributed by atoms with Gasteiger partial charge in [-0.3, -0.25) is 4.79 Å². The van der Waals surface area contributed by atoms with Gasteiger partial charge in [-0.1, -0.05) is 30.3 Å². The molecule has 0 radical (unpaired) electrons. The second-order valence-corrected chi connectivity index (χ2v) is 6.13. The van der Waals surface area contributed by atoms with Gasteiger partial charge >= 0.3 is 6.18 Å². The normalized spacial score (nSPS) is 22.7. The van der Waals surface area contributed by atoms with Gasteiger partial charge in [0.1, 0.15) is 0 Å². The van der Waals surface area contributed by atoms with Crippen LogP contribution in [0.3, 0.4) is 0 Å². The number of rotatable bonds is 1. The van der Waals surface area contributed by atoms with Crippen molar-refractivity contribution < 1.29 is 23.1 Å². The maximum absolute atomic E-state index is 13.8. The van der Waals surface area contributed by atoms with Crippen molar-refractivity contribution in [2.24, 2.45) is 0 Å². The summed E-state index contributed by atoms with van der Waals surface area (Å²) in [5.41, 5.74) is -2.33. The number of anilines is 1. The summed E-state index contributed by atoms with van der Waals surface area (Å²) >= 11 is 0. The van der Waals surface area contributed by atoms with Gasteiger partial charge < -0.3 is 10.0 Å². The third-order valence-corrected chi connectivity index (χ3v) is 4.80. The minimum Gasteiger partial charge on any atom is -0.372 e. The quantitative estimate of drug-likeness (QED) is 0.866. The summed E-state index contributed by atoms with van der Waals surface area (Å²) in [6.45, 7) is 0.481. The number of alkyl halides is 3. The van der Waals surface area contributed by atoms with Crippen molar-refractivity contribution in [2.75, 3.05) is 11.4 Å². The molecule has 1 amide bonds. The summed E-state index contributed by atoms with van der Waals surface area (Å²) in [4.78, 5) is 13.4. The molecule has 2 aromatic carbocycles. The molecule has 1 heterocycles. The zero-order chi connectivity index (χ0) is 17.1. The van der Waals surface area contributed by atoms with E-state index in [4.69, 9.17) is 0 Å². The van der Waals surface area contributed by atoms with Gasteiger partial charge in [0.05, 0.1) is 0 Å². The molecule has 2 aromatic rings. The molecule has 1 unspecified atom stereocenters. The third kappa shape index (κ3) is 1.86. The van der Waals surface area contributed by atoms with E-state index in [1.165, 1.54) is 23.1 Å². The number of hydrogen-bond acceptors (Lipinski definition) is 2. The molecule has 1 saturated heterocycles. The van der Waals surface area contributed by atoms with Gasteiger partial charge in [-0.05, 0) is 29.7 Å². The average Bonchev–Trinajstić information content (AvgIpc) is 3.08. The number of halogens is 3. The zero-order valence-corrected chi connectivity index (χ0v) is 12.6. The van der Waals surface area contributed by atoms with Crippen LogP contribution in [-0.2, 0) is 10.4 Å². The maximum Gasteiger partial charge on any atom is 0.425 e. The van der Waals surface area contributed by atoms with E-state index >= 15 is 0 Å². The lowest BCUT2D eigenvalue weighted by Gasteiger charge is -2.29. The number of carbonyl (C=O) groups is 1. The predicted molar refractivity (Wildman–Crippen MR) is 82.5 cm³/mol. The summed E-state index contributed by atoms with van der Waals surface area (Å²) in [7, 11) is 0. The van der Waals surface area contributed by atoms with Gasteiger partial charge in [0.2, 0.25) is 11.5 Å². The first-order valence-electron chi connectivity index (χ1n) is 7.68. The molecule has 2 aliphatic rings. The summed E-state index contributed by atoms with van der Waals surface area (Å²) in [6, 6.07) is 10.5. The molecular weight excluding hydrogens is 319 g/mol. The van der Waals surface area contributed by atoms with E-state index in [1.54, 1.807) is 24.3 Å². The largest absolute Gasteiger partial charge is 0.425 e. The molecule has 4 rings (SSSR count). The van der Waals surface area contributed by atoms with Crippen molar-refractivity contribution in [3.63, 3.8) is 0 Å². The molecule has 24 heavy (non-hydrogen) atoms. The molecule has 124 valence electrons. The Morgan fingerprint density at radius 3 is 2.42 bits per heavy atom. The third-order valence-electron chi connectivity index (χ3n) is 4.80. The number of amides is 1. The fourth-order valence-electron chi connectivity index (χ4n) is 3.64. The first-order valence-corrected chi connectivity index (χ1v) is 7.68. The molecule has 0 saturated carbocycles. The van der Waals surface area contributed by atoms with Crippen molar-refractivity contribution in [2.45, 2.75) is 24.6 Å². The fourth-order valence-corrected chi connectivity index (χ4v) is 3.64. The minimum absolute atomic E-state index is 0.110. The summed E-state index contributed by atoms with van der Waals surface area (Å²) < 4.78 is 41.3. The Labute approximate surface area is 136 Å². The van der Waals surface area contributed by atoms with Crippen LogP contribution >= 0.6 is 0 Å². The zero-order valence-electron chi connectivity index (χ0n) is 12.6. The standard InChI is InChI=1S/C18H14F3NO2/c19-18(20,21)17(24)14-5-2-1-4-12(14)13-8-7-11(10-15(13)17)22-9-3-6-16(22)23/h1-2,4-5,7-8,10,24H,3,6,9H2. The second-order valence-electron chi connectivity index (χ2n) is 6.13. The lowest BCUT2D eigenvalue weighted by atomic mass is 9.90. The highest BCUT2D eigenvalue weighted by Gasteiger charge is 2.60. The summed E-state index contributed by atoms with van der Waals surface area (Å²) in [5, 5.41) is 10.6. The van der Waals surface area contributed by atoms with Crippen LogP contribution in [-0.4, -0.2) is 23.7 Å². The van der Waals surface area contributed by atoms with Crippen LogP contribution in [0.5, 0.6) is 0 Å². The van der Waals surface area contributed by atoms with Gasteiger partial charge in [-0.2, -0.15) is 13.2 Å². The monoisotopic (exact) mass is 333 g/mol. The van der Waals surface area contributed by atoms with Crippen molar-refractivity contribution >= 4 is 11.6 Å². The Hall–Kier alpha value is -2.34. The molecule has 3 nitrogen and oxygen atoms in total. The Bertz CT molecular complexity index is 846. The van der Waals surface area contributed by atoms with Crippen LogP contribution < -0.4 is 4.90 Å². The van der Waals surface area contributed by atoms with E-state index in [0.717, 1.165) is 0 Å². The number of aliphatic hydroxyl groups is 1. The molecule has 0 bridgehead atoms. The summed E-state index contributed by atoms with van der Waals surface area (Å²) in [5.74, 6) is -0.110.